The lowest BCUT2D eigenvalue weighted by molar-refractivity contribution is 0.341. The average Bonchev–Trinajstić information content (AvgIpc) is 2.65. The van der Waals surface area contributed by atoms with E-state index in [1.54, 1.807) is 0 Å². The lowest BCUT2D eigenvalue weighted by Crippen LogP contribution is -2.20. The van der Waals surface area contributed by atoms with Crippen molar-refractivity contribution >= 4 is 5.69 Å². The molecule has 1 N–H and O–H groups in total. The quantitative estimate of drug-likeness (QED) is 0.600. The van der Waals surface area contributed by atoms with Crippen molar-refractivity contribution in [2.75, 3.05) is 5.32 Å². The van der Waals surface area contributed by atoms with E-state index in [-0.39, 0.29) is 11.7 Å². The first-order valence-electron chi connectivity index (χ1n) is 7.39. The van der Waals surface area contributed by atoms with Crippen molar-refractivity contribution in [1.82, 2.24) is 0 Å². The monoisotopic (exact) mass is 285 g/mol. The molecule has 2 unspecified atom stereocenters. The third-order valence-corrected chi connectivity index (χ3v) is 4.35. The highest BCUT2D eigenvalue weighted by molar-refractivity contribution is 5.46. The van der Waals surface area contributed by atoms with Crippen LogP contribution in [0.5, 0.6) is 0 Å². The molecule has 4 heteroatoms. The first-order chi connectivity index (χ1) is 9.49. The lowest BCUT2D eigenvalue weighted by atomic mass is 9.89. The molecule has 0 heterocycles. The van der Waals surface area contributed by atoms with E-state index in [1.807, 2.05) is 0 Å². The Balaban J connectivity index is 2.02. The van der Waals surface area contributed by atoms with Crippen LogP contribution in [0.2, 0.25) is 0 Å². The second kappa shape index (κ2) is 6.51. The maximum Gasteiger partial charge on any atom is 0.196 e. The summed E-state index contributed by atoms with van der Waals surface area (Å²) < 4.78 is 39.8. The van der Waals surface area contributed by atoms with E-state index >= 15 is 0 Å². The molecule has 1 aromatic rings. The molecule has 20 heavy (non-hydrogen) atoms. The number of rotatable bonds is 3. The Morgan fingerprint density at radius 1 is 1.00 bits per heavy atom. The van der Waals surface area contributed by atoms with Crippen molar-refractivity contribution in [2.24, 2.45) is 11.8 Å². The van der Waals surface area contributed by atoms with Crippen LogP contribution >= 0.6 is 0 Å². The molecule has 2 atom stereocenters. The molecule has 1 nitrogen and oxygen atoms in total. The summed E-state index contributed by atoms with van der Waals surface area (Å²) in [5.74, 6) is -2.29. The highest BCUT2D eigenvalue weighted by Gasteiger charge is 2.22. The Kier molecular flexibility index (Phi) is 4.95. The predicted octanol–water partition coefficient (Wildman–Crippen LogP) is 5.12. The van der Waals surface area contributed by atoms with E-state index in [2.05, 4.69) is 19.2 Å². The number of benzene rings is 1. The third kappa shape index (κ3) is 3.47. The van der Waals surface area contributed by atoms with Crippen LogP contribution < -0.4 is 5.32 Å². The zero-order valence-electron chi connectivity index (χ0n) is 12.1. The first-order valence-corrected chi connectivity index (χ1v) is 7.39. The summed E-state index contributed by atoms with van der Waals surface area (Å²) in [5, 5.41) is 3.03. The van der Waals surface area contributed by atoms with Crippen molar-refractivity contribution in [3.63, 3.8) is 0 Å². The van der Waals surface area contributed by atoms with E-state index in [0.29, 0.717) is 11.8 Å². The molecule has 0 saturated heterocycles. The molecule has 1 aromatic carbocycles. The van der Waals surface area contributed by atoms with Crippen LogP contribution in [-0.4, -0.2) is 6.04 Å². The Morgan fingerprint density at radius 2 is 1.75 bits per heavy atom. The SMILES string of the molecule is CC(C)C1CCCC(Nc2ccc(F)c(F)c2F)CC1. The maximum atomic E-state index is 13.6. The molecule has 0 aliphatic heterocycles. The summed E-state index contributed by atoms with van der Waals surface area (Å²) in [6.07, 6.45) is 5.27. The van der Waals surface area contributed by atoms with Crippen LogP contribution in [0.3, 0.4) is 0 Å². The second-order valence-electron chi connectivity index (χ2n) is 6.08. The van der Waals surface area contributed by atoms with E-state index in [1.165, 1.54) is 12.5 Å². The van der Waals surface area contributed by atoms with E-state index in [4.69, 9.17) is 0 Å². The number of anilines is 1. The van der Waals surface area contributed by atoms with E-state index in [0.717, 1.165) is 31.7 Å². The largest absolute Gasteiger partial charge is 0.380 e. The summed E-state index contributed by atoms with van der Waals surface area (Å²) >= 11 is 0. The van der Waals surface area contributed by atoms with Gasteiger partial charge in [0.25, 0.3) is 0 Å². The van der Waals surface area contributed by atoms with Gasteiger partial charge in [-0.1, -0.05) is 26.7 Å². The van der Waals surface area contributed by atoms with Gasteiger partial charge in [-0.2, -0.15) is 0 Å². The first kappa shape index (κ1) is 15.2. The van der Waals surface area contributed by atoms with Crippen molar-refractivity contribution in [1.29, 1.82) is 0 Å². The number of hydrogen-bond donors (Lipinski definition) is 1. The minimum Gasteiger partial charge on any atom is -0.380 e. The summed E-state index contributed by atoms with van der Waals surface area (Å²) in [7, 11) is 0. The molecule has 2 rings (SSSR count). The smallest absolute Gasteiger partial charge is 0.196 e. The zero-order chi connectivity index (χ0) is 14.7. The molecule has 0 aromatic heterocycles. The van der Waals surface area contributed by atoms with Gasteiger partial charge in [0.05, 0.1) is 5.69 Å². The van der Waals surface area contributed by atoms with Crippen LogP contribution in [0.1, 0.15) is 46.0 Å². The van der Waals surface area contributed by atoms with Gasteiger partial charge in [-0.3, -0.25) is 0 Å². The standard InChI is InChI=1S/C16H22F3N/c1-10(2)11-4-3-5-12(7-6-11)20-14-9-8-13(17)15(18)16(14)19/h8-12,20H,3-7H2,1-2H3. The Hall–Kier alpha value is -1.19. The molecule has 0 bridgehead atoms. The Labute approximate surface area is 118 Å². The fourth-order valence-corrected chi connectivity index (χ4v) is 3.00. The summed E-state index contributed by atoms with van der Waals surface area (Å²) in [6, 6.07) is 2.38. The predicted molar refractivity (Wildman–Crippen MR) is 75.1 cm³/mol. The highest BCUT2D eigenvalue weighted by atomic mass is 19.2. The lowest BCUT2D eigenvalue weighted by Gasteiger charge is -2.20. The van der Waals surface area contributed by atoms with Crippen molar-refractivity contribution < 1.29 is 13.2 Å². The molecule has 112 valence electrons. The van der Waals surface area contributed by atoms with E-state index in [9.17, 15) is 13.2 Å². The summed E-state index contributed by atoms with van der Waals surface area (Å²) in [5.41, 5.74) is 0.0666. The van der Waals surface area contributed by atoms with E-state index < -0.39 is 17.5 Å². The Bertz CT molecular complexity index is 459. The van der Waals surface area contributed by atoms with Crippen LogP contribution in [0.25, 0.3) is 0 Å². The molecule has 1 saturated carbocycles. The Morgan fingerprint density at radius 3 is 2.45 bits per heavy atom. The molecule has 0 spiro atoms. The van der Waals surface area contributed by atoms with Crippen molar-refractivity contribution in [3.05, 3.63) is 29.6 Å². The van der Waals surface area contributed by atoms with Gasteiger partial charge in [-0.15, -0.1) is 0 Å². The van der Waals surface area contributed by atoms with Crippen LogP contribution in [0.4, 0.5) is 18.9 Å². The van der Waals surface area contributed by atoms with Crippen molar-refractivity contribution in [3.8, 4) is 0 Å². The van der Waals surface area contributed by atoms with Gasteiger partial charge in [0, 0.05) is 6.04 Å². The number of hydrogen-bond acceptors (Lipinski definition) is 1. The number of halogens is 3. The van der Waals surface area contributed by atoms with Gasteiger partial charge in [0.1, 0.15) is 0 Å². The van der Waals surface area contributed by atoms with Gasteiger partial charge in [-0.05, 0) is 43.2 Å². The minimum atomic E-state index is -1.40. The molecule has 1 aliphatic carbocycles. The van der Waals surface area contributed by atoms with Gasteiger partial charge in [0.2, 0.25) is 0 Å². The van der Waals surface area contributed by atoms with Gasteiger partial charge < -0.3 is 5.32 Å². The normalized spacial score (nSPS) is 23.7. The fraction of sp³-hybridized carbons (Fsp3) is 0.625. The second-order valence-corrected chi connectivity index (χ2v) is 6.08. The van der Waals surface area contributed by atoms with Crippen LogP contribution in [-0.2, 0) is 0 Å². The van der Waals surface area contributed by atoms with Crippen LogP contribution in [0.15, 0.2) is 12.1 Å². The molecular weight excluding hydrogens is 263 g/mol. The third-order valence-electron chi connectivity index (χ3n) is 4.35. The highest BCUT2D eigenvalue weighted by Crippen LogP contribution is 2.31. The molecule has 0 amide bonds. The van der Waals surface area contributed by atoms with Gasteiger partial charge in [-0.25, -0.2) is 13.2 Å². The minimum absolute atomic E-state index is 0.0666. The van der Waals surface area contributed by atoms with Crippen LogP contribution in [0, 0.1) is 29.3 Å². The molecule has 0 radical (unpaired) electrons. The van der Waals surface area contributed by atoms with Gasteiger partial charge >= 0.3 is 0 Å². The zero-order valence-corrected chi connectivity index (χ0v) is 12.1. The van der Waals surface area contributed by atoms with Gasteiger partial charge in [0.15, 0.2) is 17.5 Å². The topological polar surface area (TPSA) is 12.0 Å². The molecular formula is C16H22F3N. The van der Waals surface area contributed by atoms with Crippen molar-refractivity contribution in [2.45, 2.75) is 52.0 Å². The average molecular weight is 285 g/mol. The summed E-state index contributed by atoms with van der Waals surface area (Å²) in [4.78, 5) is 0. The molecule has 1 fully saturated rings. The maximum absolute atomic E-state index is 13.6. The molecule has 1 aliphatic rings. The summed E-state index contributed by atoms with van der Waals surface area (Å²) in [6.45, 7) is 4.46. The fourth-order valence-electron chi connectivity index (χ4n) is 3.00. The number of nitrogens with one attached hydrogen (secondary N) is 1.